The van der Waals surface area contributed by atoms with E-state index in [9.17, 15) is 8.42 Å². The van der Waals surface area contributed by atoms with Crippen LogP contribution in [0.5, 0.6) is 0 Å². The molecule has 0 amide bonds. The van der Waals surface area contributed by atoms with Gasteiger partial charge >= 0.3 is 0 Å². The van der Waals surface area contributed by atoms with Crippen molar-refractivity contribution in [2.45, 2.75) is 11.0 Å². The minimum absolute atomic E-state index is 0.0600. The molecule has 1 aromatic rings. The lowest BCUT2D eigenvalue weighted by molar-refractivity contribution is 0.266. The SMILES string of the molecule is O=S(=O)(OC[C@@H]1CO1)c1ccc(Br)cc1. The van der Waals surface area contributed by atoms with Crippen molar-refractivity contribution in [1.82, 2.24) is 0 Å². The number of hydrogen-bond acceptors (Lipinski definition) is 4. The predicted molar refractivity (Wildman–Crippen MR) is 57.0 cm³/mol. The van der Waals surface area contributed by atoms with Crippen LogP contribution in [0.2, 0.25) is 0 Å². The summed E-state index contributed by atoms with van der Waals surface area (Å²) in [5.74, 6) is 0. The van der Waals surface area contributed by atoms with E-state index in [4.69, 9.17) is 8.92 Å². The van der Waals surface area contributed by atoms with E-state index in [1.165, 1.54) is 12.1 Å². The Morgan fingerprint density at radius 1 is 1.40 bits per heavy atom. The maximum atomic E-state index is 11.6. The Balaban J connectivity index is 2.09. The second-order valence-electron chi connectivity index (χ2n) is 3.15. The molecule has 0 aliphatic carbocycles. The Bertz CT molecular complexity index is 436. The second kappa shape index (κ2) is 4.21. The molecule has 0 N–H and O–H groups in total. The third-order valence-electron chi connectivity index (χ3n) is 1.91. The summed E-state index contributed by atoms with van der Waals surface area (Å²) in [5, 5.41) is 0. The summed E-state index contributed by atoms with van der Waals surface area (Å²) >= 11 is 3.23. The number of benzene rings is 1. The molecule has 0 aromatic heterocycles. The summed E-state index contributed by atoms with van der Waals surface area (Å²) in [7, 11) is -3.63. The van der Waals surface area contributed by atoms with Crippen LogP contribution in [0.3, 0.4) is 0 Å². The minimum atomic E-state index is -3.63. The average Bonchev–Trinajstić information content (AvgIpc) is 2.99. The molecule has 0 radical (unpaired) electrons. The van der Waals surface area contributed by atoms with Gasteiger partial charge in [-0.25, -0.2) is 0 Å². The summed E-state index contributed by atoms with van der Waals surface area (Å²) in [6.07, 6.45) is -0.0600. The predicted octanol–water partition coefficient (Wildman–Crippen LogP) is 1.55. The van der Waals surface area contributed by atoms with E-state index in [0.29, 0.717) is 6.61 Å². The fourth-order valence-corrected chi connectivity index (χ4v) is 2.20. The van der Waals surface area contributed by atoms with E-state index in [1.54, 1.807) is 12.1 Å². The third-order valence-corrected chi connectivity index (χ3v) is 3.74. The molecule has 15 heavy (non-hydrogen) atoms. The topological polar surface area (TPSA) is 55.9 Å². The highest BCUT2D eigenvalue weighted by molar-refractivity contribution is 9.10. The number of epoxide rings is 1. The molecule has 6 heteroatoms. The molecule has 1 heterocycles. The summed E-state index contributed by atoms with van der Waals surface area (Å²) in [4.78, 5) is 0.159. The van der Waals surface area contributed by atoms with E-state index in [2.05, 4.69) is 15.9 Å². The second-order valence-corrected chi connectivity index (χ2v) is 5.68. The van der Waals surface area contributed by atoms with Crippen LogP contribution in [0.1, 0.15) is 0 Å². The lowest BCUT2D eigenvalue weighted by atomic mass is 10.4. The molecule has 1 fully saturated rings. The van der Waals surface area contributed by atoms with Gasteiger partial charge in [0.05, 0.1) is 18.1 Å². The first kappa shape index (κ1) is 11.1. The van der Waals surface area contributed by atoms with E-state index in [0.717, 1.165) is 4.47 Å². The third kappa shape index (κ3) is 3.01. The molecule has 0 saturated carbocycles. The molecule has 1 atom stereocenters. The van der Waals surface area contributed by atoms with Crippen LogP contribution in [0.4, 0.5) is 0 Å². The van der Waals surface area contributed by atoms with Crippen LogP contribution in [0.15, 0.2) is 33.6 Å². The Morgan fingerprint density at radius 2 is 2.00 bits per heavy atom. The molecular weight excluding hydrogens is 284 g/mol. The van der Waals surface area contributed by atoms with Crippen LogP contribution in [-0.2, 0) is 19.0 Å². The molecule has 4 nitrogen and oxygen atoms in total. The Morgan fingerprint density at radius 3 is 2.53 bits per heavy atom. The van der Waals surface area contributed by atoms with Crippen molar-refractivity contribution < 1.29 is 17.3 Å². The van der Waals surface area contributed by atoms with Gasteiger partial charge in [0, 0.05) is 4.47 Å². The van der Waals surface area contributed by atoms with E-state index < -0.39 is 10.1 Å². The number of rotatable bonds is 4. The van der Waals surface area contributed by atoms with Crippen LogP contribution in [0, 0.1) is 0 Å². The molecule has 0 unspecified atom stereocenters. The van der Waals surface area contributed by atoms with Crippen molar-refractivity contribution >= 4 is 26.0 Å². The fraction of sp³-hybridized carbons (Fsp3) is 0.333. The molecule has 2 rings (SSSR count). The highest BCUT2D eigenvalue weighted by atomic mass is 79.9. The van der Waals surface area contributed by atoms with Gasteiger partial charge in [-0.3, -0.25) is 4.18 Å². The molecule has 1 aliphatic rings. The monoisotopic (exact) mass is 292 g/mol. The van der Waals surface area contributed by atoms with Crippen molar-refractivity contribution in [3.63, 3.8) is 0 Å². The first-order valence-electron chi connectivity index (χ1n) is 4.34. The molecule has 82 valence electrons. The first-order chi connectivity index (χ1) is 7.08. The normalized spacial score (nSPS) is 20.2. The summed E-state index contributed by atoms with van der Waals surface area (Å²) in [5.41, 5.74) is 0. The van der Waals surface area contributed by atoms with Crippen molar-refractivity contribution in [2.24, 2.45) is 0 Å². The van der Waals surface area contributed by atoms with Gasteiger partial charge in [-0.05, 0) is 24.3 Å². The first-order valence-corrected chi connectivity index (χ1v) is 6.55. The lowest BCUT2D eigenvalue weighted by Gasteiger charge is -2.03. The van der Waals surface area contributed by atoms with Gasteiger partial charge in [-0.1, -0.05) is 15.9 Å². The van der Waals surface area contributed by atoms with Gasteiger partial charge in [-0.2, -0.15) is 8.42 Å². The largest absolute Gasteiger partial charge is 0.371 e. The maximum absolute atomic E-state index is 11.6. The Hall–Kier alpha value is -0.430. The number of hydrogen-bond donors (Lipinski definition) is 0. The molecular formula is C9H9BrO4S. The fourth-order valence-electron chi connectivity index (χ4n) is 0.999. The van der Waals surface area contributed by atoms with E-state index in [1.807, 2.05) is 0 Å². The van der Waals surface area contributed by atoms with Crippen LogP contribution in [-0.4, -0.2) is 27.7 Å². The van der Waals surface area contributed by atoms with Gasteiger partial charge in [0.15, 0.2) is 0 Å². The highest BCUT2D eigenvalue weighted by Gasteiger charge is 2.26. The van der Waals surface area contributed by atoms with Crippen LogP contribution >= 0.6 is 15.9 Å². The Labute approximate surface area is 96.4 Å². The van der Waals surface area contributed by atoms with Gasteiger partial charge in [0.2, 0.25) is 0 Å². The molecule has 0 spiro atoms. The van der Waals surface area contributed by atoms with Crippen molar-refractivity contribution in [1.29, 1.82) is 0 Å². The van der Waals surface area contributed by atoms with Gasteiger partial charge < -0.3 is 4.74 Å². The van der Waals surface area contributed by atoms with E-state index >= 15 is 0 Å². The maximum Gasteiger partial charge on any atom is 0.297 e. The zero-order chi connectivity index (χ0) is 10.9. The molecule has 1 saturated heterocycles. The Kier molecular flexibility index (Phi) is 3.11. The van der Waals surface area contributed by atoms with Crippen LogP contribution in [0.25, 0.3) is 0 Å². The highest BCUT2D eigenvalue weighted by Crippen LogP contribution is 2.18. The summed E-state index contributed by atoms with van der Waals surface area (Å²) in [6, 6.07) is 6.30. The van der Waals surface area contributed by atoms with Crippen LogP contribution < -0.4 is 0 Å². The summed E-state index contributed by atoms with van der Waals surface area (Å²) < 4.78 is 33.7. The molecule has 1 aromatic carbocycles. The van der Waals surface area contributed by atoms with Crippen molar-refractivity contribution in [3.8, 4) is 0 Å². The number of ether oxygens (including phenoxy) is 1. The summed E-state index contributed by atoms with van der Waals surface area (Å²) in [6.45, 7) is 0.675. The molecule has 0 bridgehead atoms. The minimum Gasteiger partial charge on any atom is -0.371 e. The standard InChI is InChI=1S/C9H9BrO4S/c10-7-1-3-9(4-2-7)15(11,12)14-6-8-5-13-8/h1-4,8H,5-6H2/t8-/m0/s1. The van der Waals surface area contributed by atoms with Crippen molar-refractivity contribution in [3.05, 3.63) is 28.7 Å². The van der Waals surface area contributed by atoms with Crippen molar-refractivity contribution in [2.75, 3.05) is 13.2 Å². The van der Waals surface area contributed by atoms with E-state index in [-0.39, 0.29) is 17.6 Å². The zero-order valence-corrected chi connectivity index (χ0v) is 10.1. The average molecular weight is 293 g/mol. The van der Waals surface area contributed by atoms with Gasteiger partial charge in [0.25, 0.3) is 10.1 Å². The molecule has 1 aliphatic heterocycles. The van der Waals surface area contributed by atoms with Gasteiger partial charge in [0.1, 0.15) is 6.10 Å². The van der Waals surface area contributed by atoms with Gasteiger partial charge in [-0.15, -0.1) is 0 Å². The quantitative estimate of drug-likeness (QED) is 0.624. The number of halogens is 1. The smallest absolute Gasteiger partial charge is 0.297 e. The lowest BCUT2D eigenvalue weighted by Crippen LogP contribution is -2.10. The zero-order valence-electron chi connectivity index (χ0n) is 7.72.